The number of aliphatic hydroxyl groups excluding tert-OH is 1. The highest BCUT2D eigenvalue weighted by molar-refractivity contribution is 5.84. The highest BCUT2D eigenvalue weighted by atomic mass is 16.5. The van der Waals surface area contributed by atoms with E-state index in [-0.39, 0.29) is 24.4 Å². The molecule has 1 aliphatic rings. The third kappa shape index (κ3) is 4.31. The number of rotatable bonds is 10. The van der Waals surface area contributed by atoms with Gasteiger partial charge in [0.2, 0.25) is 0 Å². The number of hydrogen-bond donors (Lipinski definition) is 2. The van der Waals surface area contributed by atoms with E-state index in [0.29, 0.717) is 13.0 Å². The normalized spacial score (nSPS) is 15.3. The van der Waals surface area contributed by atoms with E-state index in [1.807, 2.05) is 56.3 Å². The first-order valence-electron chi connectivity index (χ1n) is 11.9. The maximum absolute atomic E-state index is 13.5. The summed E-state index contributed by atoms with van der Waals surface area (Å²) in [5.41, 5.74) is 4.69. The molecule has 0 radical (unpaired) electrons. The quantitative estimate of drug-likeness (QED) is 0.322. The van der Waals surface area contributed by atoms with Gasteiger partial charge in [-0.25, -0.2) is 0 Å². The van der Waals surface area contributed by atoms with E-state index in [1.54, 1.807) is 6.08 Å². The average Bonchev–Trinajstić information content (AvgIpc) is 3.16. The van der Waals surface area contributed by atoms with E-state index in [1.165, 1.54) is 0 Å². The SMILES string of the molecule is C=CCC(CO)[C@H](NC1(c2ccccc2)c2ccccc2-c2ccccc21)C(=O)OCC(C)C. The number of hydrogen-bond acceptors (Lipinski definition) is 4. The van der Waals surface area contributed by atoms with Crippen LogP contribution in [-0.2, 0) is 15.1 Å². The summed E-state index contributed by atoms with van der Waals surface area (Å²) in [4.78, 5) is 13.5. The number of fused-ring (bicyclic) bond motifs is 3. The second kappa shape index (κ2) is 10.4. The minimum absolute atomic E-state index is 0.158. The van der Waals surface area contributed by atoms with Gasteiger partial charge in [-0.2, -0.15) is 0 Å². The van der Waals surface area contributed by atoms with Crippen LogP contribution in [0.4, 0.5) is 0 Å². The van der Waals surface area contributed by atoms with Gasteiger partial charge in [-0.3, -0.25) is 10.1 Å². The molecule has 0 heterocycles. The topological polar surface area (TPSA) is 58.6 Å². The van der Waals surface area contributed by atoms with Gasteiger partial charge in [-0.05, 0) is 40.2 Å². The fraction of sp³-hybridized carbons (Fsp3) is 0.300. The third-order valence-electron chi connectivity index (χ3n) is 6.52. The minimum atomic E-state index is -0.773. The molecule has 1 unspecified atom stereocenters. The molecule has 0 aromatic heterocycles. The zero-order valence-corrected chi connectivity index (χ0v) is 19.9. The first-order valence-corrected chi connectivity index (χ1v) is 11.9. The molecule has 0 saturated heterocycles. The maximum atomic E-state index is 13.5. The van der Waals surface area contributed by atoms with Crippen molar-refractivity contribution >= 4 is 5.97 Å². The molecule has 3 aromatic carbocycles. The lowest BCUT2D eigenvalue weighted by molar-refractivity contribution is -0.149. The minimum Gasteiger partial charge on any atom is -0.464 e. The Morgan fingerprint density at radius 1 is 0.971 bits per heavy atom. The van der Waals surface area contributed by atoms with Crippen LogP contribution in [0.15, 0.2) is 91.5 Å². The molecule has 0 amide bonds. The van der Waals surface area contributed by atoms with E-state index in [9.17, 15) is 9.90 Å². The van der Waals surface area contributed by atoms with Gasteiger partial charge >= 0.3 is 5.97 Å². The molecule has 2 atom stereocenters. The van der Waals surface area contributed by atoms with Crippen LogP contribution in [0.3, 0.4) is 0 Å². The second-order valence-corrected chi connectivity index (χ2v) is 9.32. The van der Waals surface area contributed by atoms with Crippen molar-refractivity contribution in [3.63, 3.8) is 0 Å². The van der Waals surface area contributed by atoms with Crippen LogP contribution < -0.4 is 5.32 Å². The summed E-state index contributed by atoms with van der Waals surface area (Å²) < 4.78 is 5.72. The van der Waals surface area contributed by atoms with Crippen LogP contribution in [0.1, 0.15) is 37.0 Å². The van der Waals surface area contributed by atoms with E-state index in [4.69, 9.17) is 4.74 Å². The van der Waals surface area contributed by atoms with Crippen LogP contribution in [0.25, 0.3) is 11.1 Å². The van der Waals surface area contributed by atoms with E-state index >= 15 is 0 Å². The summed E-state index contributed by atoms with van der Waals surface area (Å²) in [5.74, 6) is -0.517. The lowest BCUT2D eigenvalue weighted by Gasteiger charge is -2.39. The largest absolute Gasteiger partial charge is 0.464 e. The highest BCUT2D eigenvalue weighted by Crippen LogP contribution is 2.51. The van der Waals surface area contributed by atoms with Crippen molar-refractivity contribution in [3.05, 3.63) is 108 Å². The number of nitrogens with one attached hydrogen (secondary N) is 1. The van der Waals surface area contributed by atoms with Crippen LogP contribution in [0, 0.1) is 11.8 Å². The standard InChI is InChI=1S/C30H33NO3/c1-4-12-22(19-32)28(29(33)34-20-21(2)3)31-30(23-13-6-5-7-14-23)26-17-10-8-15-24(26)25-16-9-11-18-27(25)30/h4-11,13-18,21-22,28,31-32H,1,12,19-20H2,2-3H3/t22?,28-/m0/s1. The smallest absolute Gasteiger partial charge is 0.323 e. The number of aliphatic hydroxyl groups is 1. The van der Waals surface area contributed by atoms with E-state index in [2.05, 4.69) is 48.3 Å². The predicted molar refractivity (Wildman–Crippen MR) is 136 cm³/mol. The molecule has 0 bridgehead atoms. The van der Waals surface area contributed by atoms with Gasteiger partial charge in [0.05, 0.1) is 12.1 Å². The number of carbonyl (C=O) groups is 1. The van der Waals surface area contributed by atoms with E-state index < -0.39 is 11.6 Å². The number of carbonyl (C=O) groups excluding carboxylic acids is 1. The number of esters is 1. The summed E-state index contributed by atoms with van der Waals surface area (Å²) in [6, 6.07) is 26.1. The summed E-state index contributed by atoms with van der Waals surface area (Å²) >= 11 is 0. The third-order valence-corrected chi connectivity index (χ3v) is 6.52. The molecule has 0 fully saturated rings. The molecular formula is C30H33NO3. The van der Waals surface area contributed by atoms with Crippen molar-refractivity contribution in [2.45, 2.75) is 31.8 Å². The monoisotopic (exact) mass is 455 g/mol. The summed E-state index contributed by atoms with van der Waals surface area (Å²) in [6.07, 6.45) is 2.23. The van der Waals surface area contributed by atoms with Crippen LogP contribution >= 0.6 is 0 Å². The van der Waals surface area contributed by atoms with Gasteiger partial charge in [0.25, 0.3) is 0 Å². The van der Waals surface area contributed by atoms with Crippen molar-refractivity contribution in [3.8, 4) is 11.1 Å². The molecule has 176 valence electrons. The van der Waals surface area contributed by atoms with Crippen molar-refractivity contribution in [1.29, 1.82) is 0 Å². The van der Waals surface area contributed by atoms with Crippen molar-refractivity contribution < 1.29 is 14.6 Å². The molecule has 4 nitrogen and oxygen atoms in total. The van der Waals surface area contributed by atoms with Crippen LogP contribution in [0.5, 0.6) is 0 Å². The van der Waals surface area contributed by atoms with Crippen molar-refractivity contribution in [1.82, 2.24) is 5.32 Å². The molecule has 2 N–H and O–H groups in total. The average molecular weight is 456 g/mol. The maximum Gasteiger partial charge on any atom is 0.323 e. The Balaban J connectivity index is 1.91. The molecular weight excluding hydrogens is 422 g/mol. The Kier molecular flexibility index (Phi) is 7.30. The van der Waals surface area contributed by atoms with Crippen molar-refractivity contribution in [2.75, 3.05) is 13.2 Å². The lowest BCUT2D eigenvalue weighted by Crippen LogP contribution is -2.55. The molecule has 3 aromatic rings. The highest BCUT2D eigenvalue weighted by Gasteiger charge is 2.48. The summed E-state index contributed by atoms with van der Waals surface area (Å²) in [5, 5.41) is 14.0. The zero-order valence-electron chi connectivity index (χ0n) is 19.9. The first kappa shape index (κ1) is 23.9. The molecule has 0 spiro atoms. The summed E-state index contributed by atoms with van der Waals surface area (Å²) in [7, 11) is 0. The second-order valence-electron chi connectivity index (χ2n) is 9.32. The Labute approximate surface area is 202 Å². The van der Waals surface area contributed by atoms with Gasteiger partial charge in [-0.1, -0.05) is 98.8 Å². The van der Waals surface area contributed by atoms with Gasteiger partial charge in [0.15, 0.2) is 0 Å². The van der Waals surface area contributed by atoms with E-state index in [0.717, 1.165) is 27.8 Å². The number of allylic oxidation sites excluding steroid dienone is 1. The Hall–Kier alpha value is -3.21. The van der Waals surface area contributed by atoms with Gasteiger partial charge < -0.3 is 9.84 Å². The van der Waals surface area contributed by atoms with Crippen LogP contribution in [-0.4, -0.2) is 30.3 Å². The van der Waals surface area contributed by atoms with Gasteiger partial charge in [0.1, 0.15) is 6.04 Å². The molecule has 4 rings (SSSR count). The van der Waals surface area contributed by atoms with Crippen LogP contribution in [0.2, 0.25) is 0 Å². The number of benzene rings is 3. The lowest BCUT2D eigenvalue weighted by atomic mass is 9.79. The molecule has 0 aliphatic heterocycles. The van der Waals surface area contributed by atoms with Crippen molar-refractivity contribution in [2.24, 2.45) is 11.8 Å². The Morgan fingerprint density at radius 2 is 1.53 bits per heavy atom. The zero-order chi connectivity index (χ0) is 24.1. The Bertz CT molecular complexity index is 1090. The molecule has 34 heavy (non-hydrogen) atoms. The fourth-order valence-electron chi connectivity index (χ4n) is 4.94. The molecule has 0 saturated carbocycles. The molecule has 4 heteroatoms. The number of ether oxygens (including phenoxy) is 1. The fourth-order valence-corrected chi connectivity index (χ4v) is 4.94. The predicted octanol–water partition coefficient (Wildman–Crippen LogP) is 5.30. The first-order chi connectivity index (χ1) is 16.5. The Morgan fingerprint density at radius 3 is 2.06 bits per heavy atom. The molecule has 1 aliphatic carbocycles. The summed E-state index contributed by atoms with van der Waals surface area (Å²) in [6.45, 7) is 8.05. The van der Waals surface area contributed by atoms with Gasteiger partial charge in [-0.15, -0.1) is 6.58 Å². The van der Waals surface area contributed by atoms with Gasteiger partial charge in [0, 0.05) is 12.5 Å².